The van der Waals surface area contributed by atoms with E-state index in [0.29, 0.717) is 19.8 Å². The Morgan fingerprint density at radius 1 is 0.757 bits per heavy atom. The van der Waals surface area contributed by atoms with E-state index < -0.39 is 36.5 Å². The molecule has 0 aromatic heterocycles. The van der Waals surface area contributed by atoms with Crippen LogP contribution in [-0.2, 0) is 48.3 Å². The smallest absolute Gasteiger partial charge is 0.303 e. The quantitative estimate of drug-likeness (QED) is 0.355. The van der Waals surface area contributed by atoms with Crippen molar-refractivity contribution in [2.75, 3.05) is 13.7 Å². The number of rotatable bonds is 13. The van der Waals surface area contributed by atoms with Crippen LogP contribution in [0.2, 0.25) is 0 Å². The van der Waals surface area contributed by atoms with E-state index in [0.717, 1.165) is 16.7 Å². The summed E-state index contributed by atoms with van der Waals surface area (Å²) in [6, 6.07) is 29.5. The summed E-state index contributed by atoms with van der Waals surface area (Å²) in [5.41, 5.74) is 3.02. The van der Waals surface area contributed by atoms with Gasteiger partial charge in [-0.2, -0.15) is 0 Å². The maximum Gasteiger partial charge on any atom is 0.303 e. The maximum atomic E-state index is 11.8. The molecule has 0 amide bonds. The number of hydrogen-bond acceptors (Lipinski definition) is 6. The van der Waals surface area contributed by atoms with Crippen LogP contribution in [0.4, 0.5) is 0 Å². The topological polar surface area (TPSA) is 83.5 Å². The predicted octanol–water partition coefficient (Wildman–Crippen LogP) is 4.84. The Kier molecular flexibility index (Phi) is 10.2. The first-order chi connectivity index (χ1) is 18.1. The molecule has 0 radical (unpaired) electrons. The van der Waals surface area contributed by atoms with Crippen LogP contribution in [0, 0.1) is 5.92 Å². The number of methoxy groups -OCH3 is 1. The Bertz CT molecular complexity index is 1060. The van der Waals surface area contributed by atoms with Gasteiger partial charge in [0.2, 0.25) is 0 Å². The molecule has 5 atom stereocenters. The summed E-state index contributed by atoms with van der Waals surface area (Å²) in [5, 5.41) is 9.68. The first-order valence-electron chi connectivity index (χ1n) is 12.5. The van der Waals surface area contributed by atoms with Crippen molar-refractivity contribution >= 4 is 5.97 Å². The number of hydrogen-bond donors (Lipinski definition) is 1. The second kappa shape index (κ2) is 14.0. The minimum atomic E-state index is -0.954. The third-order valence-electron chi connectivity index (χ3n) is 6.38. The highest BCUT2D eigenvalue weighted by Crippen LogP contribution is 2.34. The summed E-state index contributed by atoms with van der Waals surface area (Å²) < 4.78 is 30.7. The van der Waals surface area contributed by atoms with Crippen molar-refractivity contribution in [3.8, 4) is 0 Å². The van der Waals surface area contributed by atoms with Crippen LogP contribution in [0.15, 0.2) is 91.0 Å². The molecule has 0 bridgehead atoms. The molecule has 3 aromatic carbocycles. The normalized spacial score (nSPS) is 23.5. The van der Waals surface area contributed by atoms with Gasteiger partial charge in [0.1, 0.15) is 12.2 Å². The van der Waals surface area contributed by atoms with Crippen LogP contribution >= 0.6 is 0 Å². The lowest BCUT2D eigenvalue weighted by atomic mass is 9.88. The average molecular weight is 507 g/mol. The van der Waals surface area contributed by atoms with E-state index in [1.165, 1.54) is 7.11 Å². The second-order valence-corrected chi connectivity index (χ2v) is 9.06. The number of benzene rings is 3. The van der Waals surface area contributed by atoms with Crippen LogP contribution in [-0.4, -0.2) is 49.4 Å². The molecule has 3 aromatic rings. The zero-order valence-corrected chi connectivity index (χ0v) is 21.0. The molecule has 1 heterocycles. The highest BCUT2D eigenvalue weighted by Gasteiger charge is 2.48. The molecule has 0 aliphatic carbocycles. The Morgan fingerprint density at radius 2 is 1.24 bits per heavy atom. The van der Waals surface area contributed by atoms with Crippen LogP contribution in [0.1, 0.15) is 23.1 Å². The van der Waals surface area contributed by atoms with Crippen LogP contribution in [0.3, 0.4) is 0 Å². The number of carboxylic acid groups (broad SMARTS) is 1. The highest BCUT2D eigenvalue weighted by molar-refractivity contribution is 5.67. The van der Waals surface area contributed by atoms with Gasteiger partial charge in [-0.25, -0.2) is 0 Å². The van der Waals surface area contributed by atoms with Gasteiger partial charge in [-0.1, -0.05) is 91.0 Å². The Labute approximate surface area is 217 Å². The molecule has 1 N–H and O–H groups in total. The molecule has 1 fully saturated rings. The lowest BCUT2D eigenvalue weighted by Gasteiger charge is -2.45. The summed E-state index contributed by atoms with van der Waals surface area (Å²) in [6.07, 6.45) is -2.65. The average Bonchev–Trinajstić information content (AvgIpc) is 2.93. The molecule has 37 heavy (non-hydrogen) atoms. The molecule has 1 saturated heterocycles. The van der Waals surface area contributed by atoms with Crippen molar-refractivity contribution in [3.63, 3.8) is 0 Å². The van der Waals surface area contributed by atoms with Crippen LogP contribution < -0.4 is 0 Å². The molecule has 0 unspecified atom stereocenters. The number of ether oxygens (including phenoxy) is 5. The number of carboxylic acids is 1. The number of aliphatic carboxylic acids is 1. The Hall–Kier alpha value is -3.07. The molecular formula is C30H34O7. The summed E-state index contributed by atoms with van der Waals surface area (Å²) in [6.45, 7) is 1.28. The van der Waals surface area contributed by atoms with Gasteiger partial charge in [0, 0.05) is 13.0 Å². The summed E-state index contributed by atoms with van der Waals surface area (Å²) in [5.74, 6) is -1.53. The van der Waals surface area contributed by atoms with Crippen LogP contribution in [0.5, 0.6) is 0 Å². The fraction of sp³-hybridized carbons (Fsp3) is 0.367. The third kappa shape index (κ3) is 7.95. The second-order valence-electron chi connectivity index (χ2n) is 9.06. The van der Waals surface area contributed by atoms with Crippen molar-refractivity contribution < 1.29 is 33.6 Å². The SMILES string of the molecule is CO[C@@H]1O[C@H](COCc2ccccc2)[C@@H](OCc2ccccc2)[C@H](OCc2ccccc2)[C@H]1CC(=O)O. The van der Waals surface area contributed by atoms with E-state index >= 15 is 0 Å². The van der Waals surface area contributed by atoms with E-state index in [4.69, 9.17) is 23.7 Å². The highest BCUT2D eigenvalue weighted by atomic mass is 16.7. The molecule has 0 spiro atoms. The van der Waals surface area contributed by atoms with Crippen molar-refractivity contribution in [1.29, 1.82) is 0 Å². The summed E-state index contributed by atoms with van der Waals surface area (Å²) in [7, 11) is 1.51. The molecular weight excluding hydrogens is 472 g/mol. The molecule has 4 rings (SSSR count). The van der Waals surface area contributed by atoms with E-state index in [2.05, 4.69) is 0 Å². The lowest BCUT2D eigenvalue weighted by Crippen LogP contribution is -2.58. The number of carbonyl (C=O) groups is 1. The van der Waals surface area contributed by atoms with Crippen molar-refractivity contribution in [1.82, 2.24) is 0 Å². The fourth-order valence-corrected chi connectivity index (χ4v) is 4.56. The predicted molar refractivity (Wildman–Crippen MR) is 138 cm³/mol. The van der Waals surface area contributed by atoms with Gasteiger partial charge >= 0.3 is 5.97 Å². The van der Waals surface area contributed by atoms with Crippen LogP contribution in [0.25, 0.3) is 0 Å². The first kappa shape index (κ1) is 27.0. The monoisotopic (exact) mass is 506 g/mol. The first-order valence-corrected chi connectivity index (χ1v) is 12.5. The van der Waals surface area contributed by atoms with Crippen molar-refractivity contribution in [3.05, 3.63) is 108 Å². The van der Waals surface area contributed by atoms with Gasteiger partial charge in [-0.15, -0.1) is 0 Å². The largest absolute Gasteiger partial charge is 0.481 e. The van der Waals surface area contributed by atoms with Gasteiger partial charge in [0.05, 0.1) is 39.0 Å². The van der Waals surface area contributed by atoms with Gasteiger partial charge in [0.25, 0.3) is 0 Å². The van der Waals surface area contributed by atoms with Crippen molar-refractivity contribution in [2.45, 2.75) is 50.8 Å². The Balaban J connectivity index is 1.56. The van der Waals surface area contributed by atoms with Gasteiger partial charge in [-0.3, -0.25) is 4.79 Å². The van der Waals surface area contributed by atoms with Gasteiger partial charge in [0.15, 0.2) is 6.29 Å². The van der Waals surface area contributed by atoms with E-state index in [9.17, 15) is 9.90 Å². The third-order valence-corrected chi connectivity index (χ3v) is 6.38. The molecule has 7 nitrogen and oxygen atoms in total. The summed E-state index contributed by atoms with van der Waals surface area (Å²) >= 11 is 0. The zero-order valence-electron chi connectivity index (χ0n) is 21.0. The molecule has 7 heteroatoms. The van der Waals surface area contributed by atoms with Gasteiger partial charge < -0.3 is 28.8 Å². The minimum Gasteiger partial charge on any atom is -0.481 e. The minimum absolute atomic E-state index is 0.180. The molecule has 1 aliphatic heterocycles. The summed E-state index contributed by atoms with van der Waals surface area (Å²) in [4.78, 5) is 11.8. The van der Waals surface area contributed by atoms with E-state index in [1.807, 2.05) is 91.0 Å². The standard InChI is InChI=1S/C30H34O7/c1-33-30-25(17-27(31)32)28(35-19-23-13-7-3-8-14-23)29(36-20-24-15-9-4-10-16-24)26(37-30)21-34-18-22-11-5-2-6-12-22/h2-16,25-26,28-30H,17-21H2,1H3,(H,31,32)/t25-,26-,28-,29-,30-/m1/s1. The molecule has 1 aliphatic rings. The lowest BCUT2D eigenvalue weighted by molar-refractivity contribution is -0.300. The molecule has 0 saturated carbocycles. The van der Waals surface area contributed by atoms with E-state index in [-0.39, 0.29) is 13.0 Å². The fourth-order valence-electron chi connectivity index (χ4n) is 4.56. The van der Waals surface area contributed by atoms with E-state index in [1.54, 1.807) is 0 Å². The zero-order chi connectivity index (χ0) is 25.9. The Morgan fingerprint density at radius 3 is 1.73 bits per heavy atom. The van der Waals surface area contributed by atoms with Crippen molar-refractivity contribution in [2.24, 2.45) is 5.92 Å². The maximum absolute atomic E-state index is 11.8. The molecule has 196 valence electrons. The van der Waals surface area contributed by atoms with Gasteiger partial charge in [-0.05, 0) is 16.7 Å².